The van der Waals surface area contributed by atoms with Crippen LogP contribution in [-0.2, 0) is 14.3 Å². The quantitative estimate of drug-likeness (QED) is 0.704. The summed E-state index contributed by atoms with van der Waals surface area (Å²) in [5.41, 5.74) is 0. The maximum Gasteiger partial charge on any atom is 0.303 e. The first-order valence-electron chi connectivity index (χ1n) is 6.65. The molecule has 0 spiro atoms. The highest BCUT2D eigenvalue weighted by Crippen LogP contribution is 2.22. The second kappa shape index (κ2) is 8.08. The molecule has 0 saturated carbocycles. The van der Waals surface area contributed by atoms with Gasteiger partial charge in [-0.15, -0.1) is 0 Å². The van der Waals surface area contributed by atoms with Crippen molar-refractivity contribution < 1.29 is 19.4 Å². The van der Waals surface area contributed by atoms with Crippen LogP contribution in [-0.4, -0.2) is 48.2 Å². The van der Waals surface area contributed by atoms with E-state index in [1.54, 1.807) is 7.11 Å². The van der Waals surface area contributed by atoms with E-state index in [9.17, 15) is 9.59 Å². The van der Waals surface area contributed by atoms with Crippen LogP contribution in [0.3, 0.4) is 0 Å². The molecule has 0 aliphatic carbocycles. The van der Waals surface area contributed by atoms with Crippen molar-refractivity contribution in [3.8, 4) is 0 Å². The molecule has 0 radical (unpaired) electrons. The third kappa shape index (κ3) is 5.04. The Hall–Kier alpha value is -1.10. The second-order valence-electron chi connectivity index (χ2n) is 4.77. The molecule has 0 bridgehead atoms. The van der Waals surface area contributed by atoms with Gasteiger partial charge in [0.2, 0.25) is 5.91 Å². The van der Waals surface area contributed by atoms with Crippen molar-refractivity contribution in [3.05, 3.63) is 0 Å². The Labute approximate surface area is 108 Å². The molecule has 0 aromatic heterocycles. The van der Waals surface area contributed by atoms with Gasteiger partial charge in [-0.3, -0.25) is 9.59 Å². The zero-order valence-electron chi connectivity index (χ0n) is 11.1. The second-order valence-corrected chi connectivity index (χ2v) is 4.77. The number of carboxylic acid groups (broad SMARTS) is 1. The zero-order chi connectivity index (χ0) is 13.4. The van der Waals surface area contributed by atoms with E-state index in [1.165, 1.54) is 0 Å². The van der Waals surface area contributed by atoms with Gasteiger partial charge in [-0.25, -0.2) is 0 Å². The van der Waals surface area contributed by atoms with E-state index in [1.807, 2.05) is 4.90 Å². The van der Waals surface area contributed by atoms with Crippen molar-refractivity contribution in [1.82, 2.24) is 4.90 Å². The Balaban J connectivity index is 2.42. The number of rotatable bonds is 7. The first-order chi connectivity index (χ1) is 8.65. The van der Waals surface area contributed by atoms with Gasteiger partial charge in [-0.1, -0.05) is 0 Å². The fraction of sp³-hybridized carbons (Fsp3) is 0.846. The Morgan fingerprint density at radius 1 is 1.33 bits per heavy atom. The van der Waals surface area contributed by atoms with Crippen LogP contribution >= 0.6 is 0 Å². The van der Waals surface area contributed by atoms with Crippen molar-refractivity contribution in [3.63, 3.8) is 0 Å². The molecule has 0 aromatic carbocycles. The van der Waals surface area contributed by atoms with Crippen LogP contribution in [0.1, 0.15) is 44.9 Å². The fourth-order valence-corrected chi connectivity index (χ4v) is 2.43. The van der Waals surface area contributed by atoms with Crippen molar-refractivity contribution >= 4 is 11.9 Å². The van der Waals surface area contributed by atoms with Gasteiger partial charge < -0.3 is 14.7 Å². The maximum absolute atomic E-state index is 12.1. The lowest BCUT2D eigenvalue weighted by Crippen LogP contribution is -2.43. The van der Waals surface area contributed by atoms with E-state index in [2.05, 4.69) is 0 Å². The topological polar surface area (TPSA) is 66.8 Å². The number of likely N-dealkylation sites (tertiary alicyclic amines) is 1. The van der Waals surface area contributed by atoms with Crippen molar-refractivity contribution in [2.45, 2.75) is 51.0 Å². The predicted octanol–water partition coefficient (Wildman–Crippen LogP) is 1.66. The summed E-state index contributed by atoms with van der Waals surface area (Å²) < 4.78 is 4.94. The number of nitrogens with zero attached hydrogens (tertiary/aromatic N) is 1. The molecule has 1 atom stereocenters. The highest BCUT2D eigenvalue weighted by molar-refractivity contribution is 5.76. The molecule has 1 rings (SSSR count). The van der Waals surface area contributed by atoms with E-state index in [0.717, 1.165) is 32.2 Å². The molecule has 1 heterocycles. The smallest absolute Gasteiger partial charge is 0.303 e. The summed E-state index contributed by atoms with van der Waals surface area (Å²) in [6, 6.07) is 0.116. The number of methoxy groups -OCH3 is 1. The third-order valence-corrected chi connectivity index (χ3v) is 3.38. The third-order valence-electron chi connectivity index (χ3n) is 3.38. The molecule has 1 saturated heterocycles. The monoisotopic (exact) mass is 257 g/mol. The summed E-state index contributed by atoms with van der Waals surface area (Å²) in [7, 11) is 1.63. The predicted molar refractivity (Wildman–Crippen MR) is 67.3 cm³/mol. The number of piperidine rings is 1. The highest BCUT2D eigenvalue weighted by atomic mass is 16.5. The van der Waals surface area contributed by atoms with Crippen LogP contribution in [0.15, 0.2) is 0 Å². The number of carboxylic acids is 1. The molecule has 1 fully saturated rings. The molecule has 1 amide bonds. The van der Waals surface area contributed by atoms with E-state index in [4.69, 9.17) is 9.84 Å². The lowest BCUT2D eigenvalue weighted by Gasteiger charge is -2.35. The maximum atomic E-state index is 12.1. The van der Waals surface area contributed by atoms with Gasteiger partial charge in [0.1, 0.15) is 0 Å². The molecule has 0 unspecified atom stereocenters. The first-order valence-corrected chi connectivity index (χ1v) is 6.65. The minimum absolute atomic E-state index is 0.116. The minimum atomic E-state index is -0.785. The van der Waals surface area contributed by atoms with Gasteiger partial charge in [0.15, 0.2) is 0 Å². The number of hydrogen-bond acceptors (Lipinski definition) is 3. The normalized spacial score (nSPS) is 19.8. The Bertz CT molecular complexity index is 280. The van der Waals surface area contributed by atoms with E-state index in [-0.39, 0.29) is 18.4 Å². The van der Waals surface area contributed by atoms with Crippen LogP contribution in [0.2, 0.25) is 0 Å². The van der Waals surface area contributed by atoms with Crippen molar-refractivity contribution in [2.75, 3.05) is 20.3 Å². The lowest BCUT2D eigenvalue weighted by molar-refractivity contribution is -0.140. The van der Waals surface area contributed by atoms with Crippen LogP contribution in [0.5, 0.6) is 0 Å². The molecule has 5 heteroatoms. The standard InChI is InChI=1S/C13H23NO4/c1-18-10-4-6-12(15)14-9-3-2-5-11(14)7-8-13(16)17/h11H,2-10H2,1H3,(H,16,17)/t11-/m1/s1. The van der Waals surface area contributed by atoms with Gasteiger partial charge >= 0.3 is 5.97 Å². The number of carbonyl (C=O) groups is 2. The Kier molecular flexibility index (Phi) is 6.72. The molecular weight excluding hydrogens is 234 g/mol. The molecular formula is C13H23NO4. The molecule has 1 N–H and O–H groups in total. The van der Waals surface area contributed by atoms with Crippen LogP contribution in [0, 0.1) is 0 Å². The number of amides is 1. The summed E-state index contributed by atoms with van der Waals surface area (Å²) in [6.45, 7) is 1.37. The van der Waals surface area contributed by atoms with Gasteiger partial charge in [0, 0.05) is 39.1 Å². The number of aliphatic carboxylic acids is 1. The zero-order valence-corrected chi connectivity index (χ0v) is 11.1. The molecule has 5 nitrogen and oxygen atoms in total. The molecule has 1 aliphatic heterocycles. The van der Waals surface area contributed by atoms with Crippen molar-refractivity contribution in [1.29, 1.82) is 0 Å². The lowest BCUT2D eigenvalue weighted by atomic mass is 9.97. The Morgan fingerprint density at radius 3 is 2.78 bits per heavy atom. The van der Waals surface area contributed by atoms with E-state index < -0.39 is 5.97 Å². The van der Waals surface area contributed by atoms with Gasteiger partial charge in [-0.2, -0.15) is 0 Å². The number of carbonyl (C=O) groups excluding carboxylic acids is 1. The summed E-state index contributed by atoms with van der Waals surface area (Å²) in [5.74, 6) is -0.644. The van der Waals surface area contributed by atoms with E-state index >= 15 is 0 Å². The van der Waals surface area contributed by atoms with Crippen LogP contribution in [0.4, 0.5) is 0 Å². The van der Waals surface area contributed by atoms with Crippen molar-refractivity contribution in [2.24, 2.45) is 0 Å². The average molecular weight is 257 g/mol. The Morgan fingerprint density at radius 2 is 2.11 bits per heavy atom. The largest absolute Gasteiger partial charge is 0.481 e. The fourth-order valence-electron chi connectivity index (χ4n) is 2.43. The van der Waals surface area contributed by atoms with E-state index in [0.29, 0.717) is 19.4 Å². The molecule has 18 heavy (non-hydrogen) atoms. The molecule has 104 valence electrons. The summed E-state index contributed by atoms with van der Waals surface area (Å²) in [4.78, 5) is 24.5. The first kappa shape index (κ1) is 15.0. The van der Waals surface area contributed by atoms with Crippen LogP contribution in [0.25, 0.3) is 0 Å². The van der Waals surface area contributed by atoms with Gasteiger partial charge in [0.25, 0.3) is 0 Å². The molecule has 0 aromatic rings. The van der Waals surface area contributed by atoms with Gasteiger partial charge in [0.05, 0.1) is 0 Å². The number of hydrogen-bond donors (Lipinski definition) is 1. The van der Waals surface area contributed by atoms with Gasteiger partial charge in [-0.05, 0) is 32.1 Å². The SMILES string of the molecule is COCCCC(=O)N1CCCC[C@@H]1CCC(=O)O. The summed E-state index contributed by atoms with van der Waals surface area (Å²) in [6.07, 6.45) is 5.00. The highest BCUT2D eigenvalue weighted by Gasteiger charge is 2.26. The average Bonchev–Trinajstić information content (AvgIpc) is 2.37. The minimum Gasteiger partial charge on any atom is -0.481 e. The number of ether oxygens (including phenoxy) is 1. The molecule has 1 aliphatic rings. The van der Waals surface area contributed by atoms with Crippen LogP contribution < -0.4 is 0 Å². The summed E-state index contributed by atoms with van der Waals surface area (Å²) >= 11 is 0. The summed E-state index contributed by atoms with van der Waals surface area (Å²) in [5, 5.41) is 8.72.